The Labute approximate surface area is 596 Å². The number of quaternary nitrogens is 1. The van der Waals surface area contributed by atoms with E-state index in [2.05, 4.69) is 45.2 Å². The molecule has 0 saturated heterocycles. The smallest absolute Gasteiger partial charge is 0.198 e. The first-order valence-electron chi connectivity index (χ1n) is 35.1. The molecule has 0 bridgehead atoms. The van der Waals surface area contributed by atoms with Gasteiger partial charge in [0.15, 0.2) is 116 Å². The standard InChI is InChI=1S/C40BF28.C37H69N/c42-13-1-5(25(54)37(66)33(62)21(1)50)17(46)29(58)9(13)41(10-14(43)2-6(18(47)30(10)59)26(55)38(67)34(63)22(2)51,11-15(44)3-7(19(48)31(11)60)27(56)39(68)35(64)23(3)52)12-16(45)4-8(20(49)32(12)61)28(57)40(69)36(65)24(4)53;1-4-6-8-10-12-14-16-17-18-19-20-21-23-25-27-29-35-38(3)37-33-31-36(32-34-37)30-28-26-24-22-15-13-11-9-7-5-2/h;31-34H,4-30,35H2,1-3H3/q-1;/p+1. The van der Waals surface area contributed by atoms with E-state index in [0.29, 0.717) is 0 Å². The highest BCUT2D eigenvalue weighted by Crippen LogP contribution is 2.41. The Balaban J connectivity index is 0.000000323. The van der Waals surface area contributed by atoms with Crippen LogP contribution >= 0.6 is 0 Å². The molecule has 9 aromatic rings. The minimum atomic E-state index is -7.99. The van der Waals surface area contributed by atoms with Crippen LogP contribution < -0.4 is 26.8 Å². The molecule has 0 aliphatic heterocycles. The molecule has 0 radical (unpaired) electrons. The maximum absolute atomic E-state index is 17.4. The van der Waals surface area contributed by atoms with Gasteiger partial charge in [-0.05, 0) is 43.4 Å². The molecule has 0 saturated carbocycles. The average molecular weight is 1550 g/mol. The van der Waals surface area contributed by atoms with E-state index >= 15 is 87.8 Å². The van der Waals surface area contributed by atoms with Crippen molar-refractivity contribution in [2.45, 2.75) is 187 Å². The third kappa shape index (κ3) is 16.2. The number of aryl methyl sites for hydroxylation is 1. The summed E-state index contributed by atoms with van der Waals surface area (Å²) in [7, 11) is 2.35. The predicted molar refractivity (Wildman–Crippen MR) is 352 cm³/mol. The number of unbranched alkanes of at least 4 members (excludes halogenated alkanes) is 24. The zero-order valence-corrected chi connectivity index (χ0v) is 57.8. The molecule has 1 unspecified atom stereocenters. The lowest BCUT2D eigenvalue weighted by molar-refractivity contribution is -0.810. The Kier molecular flexibility index (Phi) is 28.9. The molecule has 1 nitrogen and oxygen atoms in total. The topological polar surface area (TPSA) is 4.44 Å². The molecule has 0 aromatic heterocycles. The van der Waals surface area contributed by atoms with E-state index in [1.54, 1.807) is 4.90 Å². The number of fused-ring (bicyclic) bond motifs is 4. The molecular formula is C77H70BF28N. The fourth-order valence-electron chi connectivity index (χ4n) is 14.3. The zero-order chi connectivity index (χ0) is 79.0. The maximum atomic E-state index is 17.4. The van der Waals surface area contributed by atoms with Gasteiger partial charge in [0.2, 0.25) is 0 Å². The van der Waals surface area contributed by atoms with Gasteiger partial charge in [0.25, 0.3) is 0 Å². The van der Waals surface area contributed by atoms with Crippen LogP contribution in [0.3, 0.4) is 0 Å². The van der Waals surface area contributed by atoms with E-state index in [1.165, 1.54) is 191 Å². The molecule has 107 heavy (non-hydrogen) atoms. The molecule has 0 amide bonds. The average Bonchev–Trinajstić information content (AvgIpc) is 0.668. The molecule has 9 aromatic carbocycles. The SMILES string of the molecule is CCCCCCCCCCCCCCCCCC[NH+](C)c1ccc(CCCCCCCCCCCC)cc1.Fc1c(F)c(F)c2c(F)c([B-](c3c(F)c(F)c4c(F)c(F)c(F)c(F)c4c3F)(c3c(F)c(F)c4c(F)c(F)c(F)c(F)c4c3F)c3c(F)c(F)c4c(F)c(F)c(F)c(F)c4c3F)c(F)c(F)c2c1F. The van der Waals surface area contributed by atoms with E-state index in [1.807, 2.05) is 0 Å². The van der Waals surface area contributed by atoms with E-state index in [-0.39, 0.29) is 0 Å². The monoisotopic (exact) mass is 1550 g/mol. The summed E-state index contributed by atoms with van der Waals surface area (Å²) in [5.74, 6) is -102. The van der Waals surface area contributed by atoms with Gasteiger partial charge in [0.1, 0.15) is 58.4 Å². The van der Waals surface area contributed by atoms with Crippen LogP contribution in [0.5, 0.6) is 0 Å². The van der Waals surface area contributed by atoms with E-state index in [9.17, 15) is 35.1 Å². The van der Waals surface area contributed by atoms with Gasteiger partial charge in [0, 0.05) is 0 Å². The summed E-state index contributed by atoms with van der Waals surface area (Å²) in [4.78, 5) is 1.58. The van der Waals surface area contributed by atoms with Crippen molar-refractivity contribution in [3.8, 4) is 0 Å². The van der Waals surface area contributed by atoms with Crippen molar-refractivity contribution in [3.63, 3.8) is 0 Å². The summed E-state index contributed by atoms with van der Waals surface area (Å²) in [6, 6.07) is 9.54. The van der Waals surface area contributed by atoms with E-state index in [0.717, 1.165) is 0 Å². The Morgan fingerprint density at radius 1 is 0.206 bits per heavy atom. The van der Waals surface area contributed by atoms with Gasteiger partial charge in [-0.2, -0.15) is 0 Å². The summed E-state index contributed by atoms with van der Waals surface area (Å²) in [5, 5.41) is -25.0. The third-order valence-electron chi connectivity index (χ3n) is 19.9. The highest BCUT2D eigenvalue weighted by Gasteiger charge is 2.53. The number of halogens is 28. The fourth-order valence-corrected chi connectivity index (χ4v) is 14.3. The summed E-state index contributed by atoms with van der Waals surface area (Å²) >= 11 is 0. The second kappa shape index (κ2) is 36.5. The number of benzene rings is 9. The van der Waals surface area contributed by atoms with Crippen LogP contribution in [-0.2, 0) is 6.42 Å². The number of hydrogen-bond donors (Lipinski definition) is 1. The second-order valence-electron chi connectivity index (χ2n) is 26.8. The van der Waals surface area contributed by atoms with Crippen LogP contribution in [0.1, 0.15) is 186 Å². The first-order valence-corrected chi connectivity index (χ1v) is 35.1. The van der Waals surface area contributed by atoms with Crippen molar-refractivity contribution in [2.24, 2.45) is 0 Å². The minimum Gasteiger partial charge on any atom is -0.305 e. The predicted octanol–water partition coefficient (Wildman–Crippen LogP) is 23.1. The molecule has 0 fully saturated rings. The maximum Gasteiger partial charge on any atom is 0.198 e. The van der Waals surface area contributed by atoms with Crippen LogP contribution in [0.15, 0.2) is 24.3 Å². The van der Waals surface area contributed by atoms with Crippen molar-refractivity contribution in [3.05, 3.63) is 193 Å². The fraction of sp³-hybridized carbons (Fsp3) is 0.403. The van der Waals surface area contributed by atoms with E-state index in [4.69, 9.17) is 0 Å². The van der Waals surface area contributed by atoms with Crippen LogP contribution in [0.2, 0.25) is 0 Å². The molecule has 9 rings (SSSR count). The molecule has 1 atom stereocenters. The second-order valence-corrected chi connectivity index (χ2v) is 26.8. The molecule has 0 spiro atoms. The first-order chi connectivity index (χ1) is 50.8. The molecular weight excluding hydrogens is 1480 g/mol. The van der Waals surface area contributed by atoms with Crippen LogP contribution in [-0.4, -0.2) is 19.7 Å². The molecule has 0 aliphatic rings. The zero-order valence-electron chi connectivity index (χ0n) is 57.8. The van der Waals surface area contributed by atoms with Gasteiger partial charge >= 0.3 is 0 Å². The van der Waals surface area contributed by atoms with Crippen molar-refractivity contribution >= 4 is 76.8 Å². The van der Waals surface area contributed by atoms with Gasteiger partial charge < -0.3 is 4.90 Å². The summed E-state index contributed by atoms with van der Waals surface area (Å²) in [6.07, 6.45) is 30.7. The lowest BCUT2D eigenvalue weighted by Gasteiger charge is -2.45. The summed E-state index contributed by atoms with van der Waals surface area (Å²) in [6.45, 7) is 5.88. The highest BCUT2D eigenvalue weighted by molar-refractivity contribution is 7.20. The highest BCUT2D eigenvalue weighted by atomic mass is 19.2. The Morgan fingerprint density at radius 3 is 0.598 bits per heavy atom. The molecule has 0 heterocycles. The summed E-state index contributed by atoms with van der Waals surface area (Å²) in [5.41, 5.74) is -12.9. The van der Waals surface area contributed by atoms with Gasteiger partial charge in [-0.15, -0.1) is 21.9 Å². The van der Waals surface area contributed by atoms with Crippen LogP contribution in [0.4, 0.5) is 129 Å². The van der Waals surface area contributed by atoms with Gasteiger partial charge in [0.05, 0.1) is 56.7 Å². The minimum absolute atomic E-state index is 1.26. The quantitative estimate of drug-likeness (QED) is 0.0137. The normalized spacial score (nSPS) is 12.3. The van der Waals surface area contributed by atoms with Crippen LogP contribution in [0.25, 0.3) is 43.1 Å². The largest absolute Gasteiger partial charge is 0.305 e. The third-order valence-corrected chi connectivity index (χ3v) is 19.9. The molecule has 582 valence electrons. The first kappa shape index (κ1) is 84.7. The van der Waals surface area contributed by atoms with E-state index < -0.39 is 234 Å². The van der Waals surface area contributed by atoms with Gasteiger partial charge in [-0.1, -0.05) is 174 Å². The Morgan fingerprint density at radius 2 is 0.383 bits per heavy atom. The van der Waals surface area contributed by atoms with Gasteiger partial charge in [-0.3, -0.25) is 0 Å². The molecule has 1 N–H and O–H groups in total. The summed E-state index contributed by atoms with van der Waals surface area (Å²) < 4.78 is 442. The van der Waals surface area contributed by atoms with Crippen molar-refractivity contribution in [1.29, 1.82) is 0 Å². The molecule has 30 heteroatoms. The van der Waals surface area contributed by atoms with Crippen molar-refractivity contribution in [1.82, 2.24) is 0 Å². The molecule has 0 aliphatic carbocycles. The number of nitrogens with one attached hydrogen (secondary N) is 1. The van der Waals surface area contributed by atoms with Gasteiger partial charge in [-0.25, -0.2) is 123 Å². The Bertz CT molecular complexity index is 4280. The number of hydrogen-bond acceptors (Lipinski definition) is 0. The lowest BCUT2D eigenvalue weighted by Crippen LogP contribution is -3.03. The van der Waals surface area contributed by atoms with Crippen molar-refractivity contribution < 1.29 is 128 Å². The Hall–Kier alpha value is -7.92. The lowest BCUT2D eigenvalue weighted by atomic mass is 9.12. The van der Waals surface area contributed by atoms with Crippen LogP contribution in [0, 0.1) is 163 Å². The number of rotatable bonds is 33. The van der Waals surface area contributed by atoms with Crippen molar-refractivity contribution in [2.75, 3.05) is 13.6 Å².